The fourth-order valence-electron chi connectivity index (χ4n) is 3.57. The zero-order chi connectivity index (χ0) is 20.6. The Bertz CT molecular complexity index is 614. The first-order chi connectivity index (χ1) is 13.4. The second-order valence-corrected chi connectivity index (χ2v) is 8.38. The monoisotopic (exact) mass is 518 g/mol. The zero-order valence-electron chi connectivity index (χ0n) is 18.8. The molecule has 1 aromatic rings. The summed E-state index contributed by atoms with van der Waals surface area (Å²) >= 11 is 0. The Balaban J connectivity index is 0.00000420. The van der Waals surface area contributed by atoms with Gasteiger partial charge in [-0.15, -0.1) is 24.0 Å². The van der Waals surface area contributed by atoms with E-state index in [-0.39, 0.29) is 29.4 Å². The molecule has 1 aliphatic heterocycles. The third kappa shape index (κ3) is 7.94. The lowest BCUT2D eigenvalue weighted by Crippen LogP contribution is -2.53. The molecule has 2 N–H and O–H groups in total. The van der Waals surface area contributed by atoms with E-state index in [1.54, 1.807) is 7.11 Å². The number of ether oxygens (including phenoxy) is 2. The highest BCUT2D eigenvalue weighted by Crippen LogP contribution is 2.24. The van der Waals surface area contributed by atoms with Gasteiger partial charge in [-0.25, -0.2) is 0 Å². The fraction of sp³-hybridized carbons (Fsp3) is 0.682. The maximum atomic E-state index is 5.50. The first kappa shape index (κ1) is 26.0. The summed E-state index contributed by atoms with van der Waals surface area (Å²) in [6, 6.07) is 8.75. The summed E-state index contributed by atoms with van der Waals surface area (Å²) in [4.78, 5) is 6.94. The lowest BCUT2D eigenvalue weighted by molar-refractivity contribution is 0.00752. The van der Waals surface area contributed by atoms with Crippen molar-refractivity contribution in [3.8, 4) is 5.75 Å². The summed E-state index contributed by atoms with van der Waals surface area (Å²) in [5.74, 6) is 2.30. The van der Waals surface area contributed by atoms with Crippen LogP contribution in [0.3, 0.4) is 0 Å². The van der Waals surface area contributed by atoms with Crippen LogP contribution in [0.15, 0.2) is 29.3 Å². The maximum Gasteiger partial charge on any atom is 0.191 e. The van der Waals surface area contributed by atoms with Gasteiger partial charge in [-0.05, 0) is 23.6 Å². The number of guanidine groups is 1. The molecule has 1 unspecified atom stereocenters. The van der Waals surface area contributed by atoms with Crippen LogP contribution in [0.4, 0.5) is 0 Å². The van der Waals surface area contributed by atoms with Gasteiger partial charge in [-0.3, -0.25) is 9.89 Å². The number of nitrogens with one attached hydrogen (secondary N) is 2. The van der Waals surface area contributed by atoms with Gasteiger partial charge in [0, 0.05) is 44.7 Å². The van der Waals surface area contributed by atoms with Crippen molar-refractivity contribution >= 4 is 29.9 Å². The van der Waals surface area contributed by atoms with Gasteiger partial charge in [0.1, 0.15) is 5.75 Å². The summed E-state index contributed by atoms with van der Waals surface area (Å²) in [5, 5.41) is 7.03. The van der Waals surface area contributed by atoms with Crippen molar-refractivity contribution in [1.29, 1.82) is 0 Å². The summed E-state index contributed by atoms with van der Waals surface area (Å²) in [5.41, 5.74) is 1.25. The lowest BCUT2D eigenvalue weighted by atomic mass is 9.84. The van der Waals surface area contributed by atoms with Crippen molar-refractivity contribution in [1.82, 2.24) is 15.5 Å². The quantitative estimate of drug-likeness (QED) is 0.315. The topological polar surface area (TPSA) is 58.1 Å². The molecule has 0 saturated carbocycles. The number of rotatable bonds is 8. The van der Waals surface area contributed by atoms with Crippen LogP contribution in [0.2, 0.25) is 0 Å². The Labute approximate surface area is 193 Å². The lowest BCUT2D eigenvalue weighted by Gasteiger charge is -2.37. The molecule has 1 heterocycles. The van der Waals surface area contributed by atoms with E-state index in [0.29, 0.717) is 12.0 Å². The van der Waals surface area contributed by atoms with Gasteiger partial charge < -0.3 is 20.1 Å². The third-order valence-corrected chi connectivity index (χ3v) is 5.56. The van der Waals surface area contributed by atoms with Crippen LogP contribution >= 0.6 is 24.0 Å². The van der Waals surface area contributed by atoms with Crippen LogP contribution in [0.25, 0.3) is 0 Å². The molecule has 29 heavy (non-hydrogen) atoms. The molecule has 1 saturated heterocycles. The van der Waals surface area contributed by atoms with Crippen LogP contribution in [0, 0.1) is 5.92 Å². The summed E-state index contributed by atoms with van der Waals surface area (Å²) in [6.07, 6.45) is 0. The Hall–Kier alpha value is -1.06. The number of morpholine rings is 1. The number of aliphatic imine (C=N–C) groups is 1. The van der Waals surface area contributed by atoms with E-state index < -0.39 is 0 Å². The van der Waals surface area contributed by atoms with Crippen LogP contribution in [0.1, 0.15) is 33.3 Å². The Morgan fingerprint density at radius 3 is 2.31 bits per heavy atom. The molecule has 6 nitrogen and oxygen atoms in total. The normalized spacial score (nSPS) is 16.9. The van der Waals surface area contributed by atoms with Crippen molar-refractivity contribution in [3.05, 3.63) is 29.8 Å². The highest BCUT2D eigenvalue weighted by Gasteiger charge is 2.25. The van der Waals surface area contributed by atoms with E-state index in [0.717, 1.165) is 51.1 Å². The average Bonchev–Trinajstić information content (AvgIpc) is 2.71. The van der Waals surface area contributed by atoms with Crippen LogP contribution in [-0.2, 0) is 10.2 Å². The molecule has 2 rings (SSSR count). The molecule has 1 aromatic carbocycles. The van der Waals surface area contributed by atoms with Gasteiger partial charge in [0.05, 0.1) is 20.3 Å². The standard InChI is InChI=1S/C22H38N4O2.HI/c1-17(2)20(26-11-13-28-14-12-26)15-24-21(23-5)25-16-22(3,4)18-7-9-19(27-6)10-8-18;/h7-10,17,20H,11-16H2,1-6H3,(H2,23,24,25);1H. The molecule has 0 amide bonds. The molecule has 0 aromatic heterocycles. The fourth-order valence-corrected chi connectivity index (χ4v) is 3.57. The van der Waals surface area contributed by atoms with Crippen LogP contribution < -0.4 is 15.4 Å². The smallest absolute Gasteiger partial charge is 0.191 e. The first-order valence-electron chi connectivity index (χ1n) is 10.3. The first-order valence-corrected chi connectivity index (χ1v) is 10.3. The predicted molar refractivity (Wildman–Crippen MR) is 132 cm³/mol. The van der Waals surface area contributed by atoms with E-state index >= 15 is 0 Å². The van der Waals surface area contributed by atoms with Gasteiger partial charge >= 0.3 is 0 Å². The molecule has 1 fully saturated rings. The van der Waals surface area contributed by atoms with Crippen molar-refractivity contribution in [2.75, 3.05) is 53.6 Å². The minimum atomic E-state index is -0.0223. The second-order valence-electron chi connectivity index (χ2n) is 8.38. The zero-order valence-corrected chi connectivity index (χ0v) is 21.2. The van der Waals surface area contributed by atoms with Gasteiger partial charge in [-0.2, -0.15) is 0 Å². The molecule has 1 aliphatic rings. The van der Waals surface area contributed by atoms with Crippen LogP contribution in [0.5, 0.6) is 5.75 Å². The number of halogens is 1. The summed E-state index contributed by atoms with van der Waals surface area (Å²) < 4.78 is 10.8. The largest absolute Gasteiger partial charge is 0.497 e. The number of hydrogen-bond donors (Lipinski definition) is 2. The molecular weight excluding hydrogens is 479 g/mol. The number of nitrogens with zero attached hydrogens (tertiary/aromatic N) is 2. The van der Waals surface area contributed by atoms with Crippen LogP contribution in [-0.4, -0.2) is 70.5 Å². The molecular formula is C22H39IN4O2. The molecule has 7 heteroatoms. The molecule has 0 spiro atoms. The highest BCUT2D eigenvalue weighted by atomic mass is 127. The van der Waals surface area contributed by atoms with Gasteiger partial charge in [0.25, 0.3) is 0 Å². The maximum absolute atomic E-state index is 5.50. The molecule has 0 bridgehead atoms. The molecule has 1 atom stereocenters. The molecule has 0 radical (unpaired) electrons. The number of methoxy groups -OCH3 is 1. The van der Waals surface area contributed by atoms with Gasteiger partial charge in [0.2, 0.25) is 0 Å². The van der Waals surface area contributed by atoms with Crippen molar-refractivity contribution in [2.45, 2.75) is 39.2 Å². The molecule has 0 aliphatic carbocycles. The van der Waals surface area contributed by atoms with Gasteiger partial charge in [-0.1, -0.05) is 39.8 Å². The van der Waals surface area contributed by atoms with E-state index in [9.17, 15) is 0 Å². The van der Waals surface area contributed by atoms with Crippen molar-refractivity contribution < 1.29 is 9.47 Å². The van der Waals surface area contributed by atoms with Gasteiger partial charge in [0.15, 0.2) is 5.96 Å². The van der Waals surface area contributed by atoms with E-state index in [1.165, 1.54) is 5.56 Å². The highest BCUT2D eigenvalue weighted by molar-refractivity contribution is 14.0. The summed E-state index contributed by atoms with van der Waals surface area (Å²) in [7, 11) is 3.52. The number of hydrogen-bond acceptors (Lipinski definition) is 4. The summed E-state index contributed by atoms with van der Waals surface area (Å²) in [6.45, 7) is 14.4. The number of benzene rings is 1. The van der Waals surface area contributed by atoms with Crippen molar-refractivity contribution in [2.24, 2.45) is 10.9 Å². The van der Waals surface area contributed by atoms with Crippen molar-refractivity contribution in [3.63, 3.8) is 0 Å². The van der Waals surface area contributed by atoms with E-state index in [1.807, 2.05) is 19.2 Å². The van der Waals surface area contributed by atoms with E-state index in [4.69, 9.17) is 9.47 Å². The SMILES string of the molecule is CN=C(NCC(C(C)C)N1CCOCC1)NCC(C)(C)c1ccc(OC)cc1.I. The third-order valence-electron chi connectivity index (χ3n) is 5.56. The van der Waals surface area contributed by atoms with E-state index in [2.05, 4.69) is 60.4 Å². The second kappa shape index (κ2) is 12.6. The Morgan fingerprint density at radius 1 is 1.17 bits per heavy atom. The average molecular weight is 518 g/mol. The predicted octanol–water partition coefficient (Wildman–Crippen LogP) is 3.11. The Kier molecular flexibility index (Phi) is 11.3. The Morgan fingerprint density at radius 2 is 1.79 bits per heavy atom. The minimum absolute atomic E-state index is 0. The minimum Gasteiger partial charge on any atom is -0.497 e. The molecule has 166 valence electrons.